The predicted octanol–water partition coefficient (Wildman–Crippen LogP) is 4.86. The Balaban J connectivity index is 1.62. The SMILES string of the molecule is COc1ccc(Cl)c2sc(NC(=O)C3CCCCN3S(=O)(=O)c3ccc(Cl)s3)nc12. The number of piperidine rings is 1. The molecule has 1 aromatic carbocycles. The molecule has 0 radical (unpaired) electrons. The van der Waals surface area contributed by atoms with Crippen LogP contribution in [0.3, 0.4) is 0 Å². The van der Waals surface area contributed by atoms with Crippen molar-refractivity contribution < 1.29 is 17.9 Å². The summed E-state index contributed by atoms with van der Waals surface area (Å²) in [5.41, 5.74) is 0.548. The fraction of sp³-hybridized carbons (Fsp3) is 0.333. The summed E-state index contributed by atoms with van der Waals surface area (Å²) in [6.45, 7) is 0.273. The van der Waals surface area contributed by atoms with Crippen LogP contribution in [0.5, 0.6) is 5.75 Å². The van der Waals surface area contributed by atoms with E-state index in [4.69, 9.17) is 27.9 Å². The van der Waals surface area contributed by atoms with Crippen LogP contribution in [-0.2, 0) is 14.8 Å². The van der Waals surface area contributed by atoms with Gasteiger partial charge in [-0.3, -0.25) is 4.79 Å². The number of carbonyl (C=O) groups is 1. The van der Waals surface area contributed by atoms with Gasteiger partial charge in [0, 0.05) is 6.54 Å². The van der Waals surface area contributed by atoms with Crippen molar-refractivity contribution in [3.63, 3.8) is 0 Å². The summed E-state index contributed by atoms with van der Waals surface area (Å²) in [5.74, 6) is 0.123. The van der Waals surface area contributed by atoms with E-state index in [1.807, 2.05) is 0 Å². The number of hydrogen-bond donors (Lipinski definition) is 1. The van der Waals surface area contributed by atoms with Crippen molar-refractivity contribution in [2.75, 3.05) is 19.0 Å². The fourth-order valence-electron chi connectivity index (χ4n) is 3.37. The lowest BCUT2D eigenvalue weighted by atomic mass is 10.0. The number of nitrogens with one attached hydrogen (secondary N) is 1. The number of anilines is 1. The lowest BCUT2D eigenvalue weighted by Gasteiger charge is -2.32. The van der Waals surface area contributed by atoms with E-state index in [-0.39, 0.29) is 10.8 Å². The Hall–Kier alpha value is -1.43. The smallest absolute Gasteiger partial charge is 0.253 e. The monoisotopic (exact) mass is 505 g/mol. The molecule has 1 N–H and O–H groups in total. The molecule has 4 rings (SSSR count). The quantitative estimate of drug-likeness (QED) is 0.534. The molecule has 0 bridgehead atoms. The van der Waals surface area contributed by atoms with Gasteiger partial charge in [-0.2, -0.15) is 4.31 Å². The normalized spacial score (nSPS) is 17.9. The number of carbonyl (C=O) groups excluding carboxylic acids is 1. The Morgan fingerprint density at radius 1 is 1.23 bits per heavy atom. The van der Waals surface area contributed by atoms with Gasteiger partial charge >= 0.3 is 0 Å². The third kappa shape index (κ3) is 4.04. The van der Waals surface area contributed by atoms with E-state index in [9.17, 15) is 13.2 Å². The van der Waals surface area contributed by atoms with Gasteiger partial charge in [0.05, 0.1) is 21.2 Å². The summed E-state index contributed by atoms with van der Waals surface area (Å²) in [7, 11) is -2.29. The van der Waals surface area contributed by atoms with E-state index < -0.39 is 22.0 Å². The van der Waals surface area contributed by atoms with Crippen molar-refractivity contribution >= 4 is 77.2 Å². The number of ether oxygens (including phenoxy) is 1. The first-order chi connectivity index (χ1) is 14.3. The average molecular weight is 506 g/mol. The van der Waals surface area contributed by atoms with Crippen LogP contribution in [0.15, 0.2) is 28.5 Å². The molecule has 0 saturated carbocycles. The Bertz CT molecular complexity index is 1210. The maximum atomic E-state index is 13.1. The highest BCUT2D eigenvalue weighted by molar-refractivity contribution is 7.91. The van der Waals surface area contributed by atoms with Gasteiger partial charge in [0.25, 0.3) is 10.0 Å². The number of fused-ring (bicyclic) bond motifs is 1. The van der Waals surface area contributed by atoms with Crippen molar-refractivity contribution in [1.82, 2.24) is 9.29 Å². The molecule has 0 spiro atoms. The van der Waals surface area contributed by atoms with Gasteiger partial charge in [0.1, 0.15) is 21.5 Å². The molecule has 12 heteroatoms. The fourth-order valence-corrected chi connectivity index (χ4v) is 7.79. The molecule has 1 unspecified atom stereocenters. The Kier molecular flexibility index (Phi) is 6.25. The first-order valence-electron chi connectivity index (χ1n) is 9.02. The molecule has 7 nitrogen and oxygen atoms in total. The first-order valence-corrected chi connectivity index (χ1v) is 12.8. The zero-order valence-electron chi connectivity index (χ0n) is 15.7. The lowest BCUT2D eigenvalue weighted by molar-refractivity contribution is -0.120. The highest BCUT2D eigenvalue weighted by Crippen LogP contribution is 2.38. The highest BCUT2D eigenvalue weighted by atomic mass is 35.5. The van der Waals surface area contributed by atoms with Crippen LogP contribution < -0.4 is 10.1 Å². The molecule has 2 aromatic heterocycles. The number of benzene rings is 1. The van der Waals surface area contributed by atoms with Crippen molar-refractivity contribution in [3.05, 3.63) is 33.6 Å². The van der Waals surface area contributed by atoms with Gasteiger partial charge in [-0.15, -0.1) is 11.3 Å². The van der Waals surface area contributed by atoms with Crippen molar-refractivity contribution in [2.24, 2.45) is 0 Å². The van der Waals surface area contributed by atoms with E-state index in [1.54, 1.807) is 12.1 Å². The molecule has 1 aliphatic rings. The number of thiazole rings is 1. The van der Waals surface area contributed by atoms with Crippen LogP contribution in [0.1, 0.15) is 19.3 Å². The molecule has 160 valence electrons. The van der Waals surface area contributed by atoms with Gasteiger partial charge < -0.3 is 10.1 Å². The van der Waals surface area contributed by atoms with Crippen LogP contribution in [0.4, 0.5) is 5.13 Å². The first kappa shape index (κ1) is 21.8. The van der Waals surface area contributed by atoms with Crippen molar-refractivity contribution in [3.8, 4) is 5.75 Å². The maximum absolute atomic E-state index is 13.1. The summed E-state index contributed by atoms with van der Waals surface area (Å²) in [4.78, 5) is 17.5. The zero-order chi connectivity index (χ0) is 21.5. The van der Waals surface area contributed by atoms with E-state index in [1.165, 1.54) is 34.9 Å². The number of methoxy groups -OCH3 is 1. The van der Waals surface area contributed by atoms with Crippen LogP contribution in [0, 0.1) is 0 Å². The van der Waals surface area contributed by atoms with Gasteiger partial charge in [-0.25, -0.2) is 13.4 Å². The van der Waals surface area contributed by atoms with Crippen LogP contribution in [0.25, 0.3) is 10.2 Å². The molecule has 1 saturated heterocycles. The third-order valence-electron chi connectivity index (χ3n) is 4.78. The molecule has 3 aromatic rings. The molecule has 0 aliphatic carbocycles. The second-order valence-corrected chi connectivity index (χ2v) is 11.9. The molecule has 1 aliphatic heterocycles. The minimum absolute atomic E-state index is 0.128. The molecular weight excluding hydrogens is 489 g/mol. The number of hydrogen-bond acceptors (Lipinski definition) is 7. The Labute approximate surface area is 191 Å². The van der Waals surface area contributed by atoms with E-state index in [0.717, 1.165) is 17.8 Å². The second-order valence-electron chi connectivity index (χ2n) is 6.62. The van der Waals surface area contributed by atoms with Crippen molar-refractivity contribution in [1.29, 1.82) is 0 Å². The second kappa shape index (κ2) is 8.60. The standard InChI is InChI=1S/C18H17Cl2N3O4S3/c1-27-12-6-5-10(19)16-15(12)21-18(29-16)22-17(24)11-4-2-3-9-23(11)30(25,26)14-8-7-13(20)28-14/h5-8,11H,2-4,9H2,1H3,(H,21,22,24). The number of aromatic nitrogens is 1. The number of rotatable bonds is 5. The summed E-state index contributed by atoms with van der Waals surface area (Å²) < 4.78 is 33.9. The molecule has 1 atom stereocenters. The van der Waals surface area contributed by atoms with Gasteiger partial charge in [0.15, 0.2) is 5.13 Å². The molecular formula is C18H17Cl2N3O4S3. The number of amides is 1. The molecule has 30 heavy (non-hydrogen) atoms. The number of halogens is 2. The zero-order valence-corrected chi connectivity index (χ0v) is 19.7. The van der Waals surface area contributed by atoms with Gasteiger partial charge in [-0.1, -0.05) is 41.0 Å². The summed E-state index contributed by atoms with van der Waals surface area (Å²) >= 11 is 14.4. The summed E-state index contributed by atoms with van der Waals surface area (Å²) in [6.07, 6.45) is 1.88. The summed E-state index contributed by atoms with van der Waals surface area (Å²) in [5, 5.41) is 3.60. The number of sulfonamides is 1. The van der Waals surface area contributed by atoms with Gasteiger partial charge in [0.2, 0.25) is 5.91 Å². The number of thiophene rings is 1. The molecule has 1 fully saturated rings. The largest absolute Gasteiger partial charge is 0.494 e. The van der Waals surface area contributed by atoms with Crippen LogP contribution in [0.2, 0.25) is 9.36 Å². The maximum Gasteiger partial charge on any atom is 0.253 e. The van der Waals surface area contributed by atoms with Crippen LogP contribution >= 0.6 is 45.9 Å². The number of nitrogens with zero attached hydrogens (tertiary/aromatic N) is 2. The van der Waals surface area contributed by atoms with E-state index >= 15 is 0 Å². The highest BCUT2D eigenvalue weighted by Gasteiger charge is 2.38. The third-order valence-corrected chi connectivity index (χ3v) is 9.81. The average Bonchev–Trinajstić information content (AvgIpc) is 3.35. The Morgan fingerprint density at radius 2 is 2.03 bits per heavy atom. The summed E-state index contributed by atoms with van der Waals surface area (Å²) in [6, 6.07) is 5.59. The van der Waals surface area contributed by atoms with E-state index in [0.29, 0.717) is 43.3 Å². The van der Waals surface area contributed by atoms with Gasteiger partial charge in [-0.05, 0) is 37.1 Å². The predicted molar refractivity (Wildman–Crippen MR) is 121 cm³/mol. The molecule has 3 heterocycles. The minimum Gasteiger partial charge on any atom is -0.494 e. The van der Waals surface area contributed by atoms with Crippen molar-refractivity contribution in [2.45, 2.75) is 29.5 Å². The minimum atomic E-state index is -3.82. The van der Waals surface area contributed by atoms with E-state index in [2.05, 4.69) is 10.3 Å². The lowest BCUT2D eigenvalue weighted by Crippen LogP contribution is -2.49. The Morgan fingerprint density at radius 3 is 2.73 bits per heavy atom. The van der Waals surface area contributed by atoms with Crippen LogP contribution in [-0.4, -0.2) is 43.3 Å². The molecule has 1 amide bonds. The topological polar surface area (TPSA) is 88.6 Å².